The van der Waals surface area contributed by atoms with Crippen molar-refractivity contribution in [2.24, 2.45) is 5.92 Å². The quantitative estimate of drug-likeness (QED) is 0.511. The highest BCUT2D eigenvalue weighted by Crippen LogP contribution is 2.38. The molecule has 0 bridgehead atoms. The Morgan fingerprint density at radius 1 is 1.03 bits per heavy atom. The monoisotopic (exact) mass is 398 g/mol. The van der Waals surface area contributed by atoms with Gasteiger partial charge in [0.1, 0.15) is 5.75 Å². The molecule has 2 rings (SSSR count). The number of hydrogen-bond acceptors (Lipinski definition) is 7. The van der Waals surface area contributed by atoms with Gasteiger partial charge in [0, 0.05) is 5.56 Å². The van der Waals surface area contributed by atoms with Gasteiger partial charge >= 0.3 is 0 Å². The first-order valence-corrected chi connectivity index (χ1v) is 8.77. The Hall–Kier alpha value is -3.73. The van der Waals surface area contributed by atoms with Gasteiger partial charge in [-0.1, -0.05) is 12.1 Å². The zero-order valence-corrected chi connectivity index (χ0v) is 16.6. The smallest absolute Gasteiger partial charge is 0.249 e. The second-order valence-electron chi connectivity index (χ2n) is 5.76. The minimum absolute atomic E-state index is 0.0827. The van der Waals surface area contributed by atoms with E-state index < -0.39 is 17.6 Å². The number of carbonyl (C=O) groups is 2. The molecule has 0 radical (unpaired) electrons. The molecule has 29 heavy (non-hydrogen) atoms. The van der Waals surface area contributed by atoms with E-state index >= 15 is 0 Å². The van der Waals surface area contributed by atoms with Gasteiger partial charge in [-0.15, -0.1) is 0 Å². The fraction of sp³-hybridized carbons (Fsp3) is 0.286. The fourth-order valence-corrected chi connectivity index (χ4v) is 2.68. The molecule has 2 aromatic carbocycles. The van der Waals surface area contributed by atoms with E-state index in [1.807, 2.05) is 6.92 Å². The van der Waals surface area contributed by atoms with Gasteiger partial charge in [0.25, 0.3) is 0 Å². The van der Waals surface area contributed by atoms with Gasteiger partial charge in [0.2, 0.25) is 11.7 Å². The van der Waals surface area contributed by atoms with E-state index in [2.05, 4.69) is 5.32 Å². The molecule has 0 fully saturated rings. The molecule has 8 heteroatoms. The second kappa shape index (κ2) is 9.99. The summed E-state index contributed by atoms with van der Waals surface area (Å²) in [6.07, 6.45) is 0. The molecule has 0 saturated carbocycles. The summed E-state index contributed by atoms with van der Waals surface area (Å²) in [7, 11) is 4.25. The van der Waals surface area contributed by atoms with E-state index in [-0.39, 0.29) is 17.1 Å². The lowest BCUT2D eigenvalue weighted by atomic mass is 9.97. The van der Waals surface area contributed by atoms with E-state index in [9.17, 15) is 14.9 Å². The highest BCUT2D eigenvalue weighted by atomic mass is 16.5. The van der Waals surface area contributed by atoms with Crippen molar-refractivity contribution in [3.63, 3.8) is 0 Å². The van der Waals surface area contributed by atoms with Gasteiger partial charge < -0.3 is 24.3 Å². The largest absolute Gasteiger partial charge is 0.493 e. The summed E-state index contributed by atoms with van der Waals surface area (Å²) >= 11 is 0. The van der Waals surface area contributed by atoms with E-state index in [4.69, 9.17) is 18.9 Å². The van der Waals surface area contributed by atoms with Crippen LogP contribution < -0.4 is 24.3 Å². The Labute approximate surface area is 168 Å². The molecule has 0 heterocycles. The first kappa shape index (κ1) is 21.6. The van der Waals surface area contributed by atoms with E-state index in [0.29, 0.717) is 23.8 Å². The summed E-state index contributed by atoms with van der Waals surface area (Å²) in [6.45, 7) is 2.21. The lowest BCUT2D eigenvalue weighted by molar-refractivity contribution is -0.117. The van der Waals surface area contributed by atoms with E-state index in [1.54, 1.807) is 30.3 Å². The number of hydrogen-bond donors (Lipinski definition) is 1. The Morgan fingerprint density at radius 2 is 1.66 bits per heavy atom. The first-order valence-electron chi connectivity index (χ1n) is 8.77. The first-order chi connectivity index (χ1) is 14.0. The Kier molecular flexibility index (Phi) is 7.43. The third kappa shape index (κ3) is 4.76. The average molecular weight is 398 g/mol. The van der Waals surface area contributed by atoms with Gasteiger partial charge in [-0.05, 0) is 31.2 Å². The molecule has 2 aromatic rings. The maximum absolute atomic E-state index is 12.9. The SMILES string of the molecule is CCOc1ccccc1NC(=O)C(C#N)C(=O)c1cc(OC)c(OC)c(OC)c1. The lowest BCUT2D eigenvalue weighted by Crippen LogP contribution is -2.29. The summed E-state index contributed by atoms with van der Waals surface area (Å²) < 4.78 is 21.1. The Morgan fingerprint density at radius 3 is 2.17 bits per heavy atom. The summed E-state index contributed by atoms with van der Waals surface area (Å²) in [6, 6.07) is 11.3. The minimum Gasteiger partial charge on any atom is -0.493 e. The van der Waals surface area contributed by atoms with Crippen LogP contribution in [0.1, 0.15) is 17.3 Å². The second-order valence-corrected chi connectivity index (χ2v) is 5.76. The van der Waals surface area contributed by atoms with Crippen molar-refractivity contribution in [3.05, 3.63) is 42.0 Å². The molecule has 0 aliphatic carbocycles. The number of ketones is 1. The number of rotatable bonds is 9. The van der Waals surface area contributed by atoms with Crippen molar-refractivity contribution in [2.45, 2.75) is 6.92 Å². The number of ether oxygens (including phenoxy) is 4. The molecule has 0 saturated heterocycles. The maximum Gasteiger partial charge on any atom is 0.249 e. The number of nitrogens with zero attached hydrogens (tertiary/aromatic N) is 1. The molecule has 152 valence electrons. The number of methoxy groups -OCH3 is 3. The molecule has 8 nitrogen and oxygen atoms in total. The van der Waals surface area contributed by atoms with Crippen molar-refractivity contribution >= 4 is 17.4 Å². The number of para-hydroxylation sites is 2. The topological polar surface area (TPSA) is 107 Å². The van der Waals surface area contributed by atoms with Crippen LogP contribution in [0, 0.1) is 17.2 Å². The van der Waals surface area contributed by atoms with Crippen LogP contribution in [0.4, 0.5) is 5.69 Å². The number of benzene rings is 2. The van der Waals surface area contributed by atoms with E-state index in [0.717, 1.165) is 0 Å². The van der Waals surface area contributed by atoms with Gasteiger partial charge in [0.05, 0.1) is 39.7 Å². The number of amides is 1. The molecule has 1 amide bonds. The molecule has 1 atom stereocenters. The highest BCUT2D eigenvalue weighted by molar-refractivity contribution is 6.16. The van der Waals surface area contributed by atoms with Crippen molar-refractivity contribution in [1.29, 1.82) is 5.26 Å². The van der Waals surface area contributed by atoms with Crippen LogP contribution >= 0.6 is 0 Å². The number of nitriles is 1. The molecule has 0 aliphatic rings. The van der Waals surface area contributed by atoms with Crippen LogP contribution in [0.5, 0.6) is 23.0 Å². The molecule has 1 unspecified atom stereocenters. The Bertz CT molecular complexity index is 910. The Balaban J connectivity index is 2.34. The van der Waals surface area contributed by atoms with Gasteiger partial charge in [0.15, 0.2) is 23.2 Å². The van der Waals surface area contributed by atoms with Crippen LogP contribution in [0.2, 0.25) is 0 Å². The molecule has 0 aromatic heterocycles. The molecule has 0 aliphatic heterocycles. The number of Topliss-reactive ketones (excluding diaryl/α,β-unsaturated/α-hetero) is 1. The number of anilines is 1. The predicted molar refractivity (Wildman–Crippen MR) is 106 cm³/mol. The van der Waals surface area contributed by atoms with Gasteiger partial charge in [-0.25, -0.2) is 0 Å². The van der Waals surface area contributed by atoms with Crippen molar-refractivity contribution in [1.82, 2.24) is 0 Å². The van der Waals surface area contributed by atoms with E-state index in [1.165, 1.54) is 33.5 Å². The predicted octanol–water partition coefficient (Wildman–Crippen LogP) is 3.07. The van der Waals surface area contributed by atoms with Crippen LogP contribution in [0.15, 0.2) is 36.4 Å². The fourth-order valence-electron chi connectivity index (χ4n) is 2.68. The average Bonchev–Trinajstić information content (AvgIpc) is 2.74. The number of carbonyl (C=O) groups excluding carboxylic acids is 2. The molecular formula is C21H22N2O6. The van der Waals surface area contributed by atoms with Crippen molar-refractivity contribution < 1.29 is 28.5 Å². The van der Waals surface area contributed by atoms with Crippen LogP contribution in [0.3, 0.4) is 0 Å². The van der Waals surface area contributed by atoms with Crippen LogP contribution in [0.25, 0.3) is 0 Å². The standard InChI is InChI=1S/C21H22N2O6/c1-5-29-16-9-7-6-8-15(16)23-21(25)14(12-22)19(24)13-10-17(26-2)20(28-4)18(11-13)27-3/h6-11,14H,5H2,1-4H3,(H,23,25). The van der Waals surface area contributed by atoms with Gasteiger partial charge in [-0.2, -0.15) is 5.26 Å². The van der Waals surface area contributed by atoms with Crippen molar-refractivity contribution in [3.8, 4) is 29.1 Å². The lowest BCUT2D eigenvalue weighted by Gasteiger charge is -2.16. The number of nitrogens with one attached hydrogen (secondary N) is 1. The third-order valence-corrected chi connectivity index (χ3v) is 4.05. The molecular weight excluding hydrogens is 376 g/mol. The third-order valence-electron chi connectivity index (χ3n) is 4.05. The zero-order valence-electron chi connectivity index (χ0n) is 16.6. The maximum atomic E-state index is 12.9. The summed E-state index contributed by atoms with van der Waals surface area (Å²) in [5, 5.41) is 12.1. The van der Waals surface area contributed by atoms with Crippen LogP contribution in [-0.2, 0) is 4.79 Å². The highest BCUT2D eigenvalue weighted by Gasteiger charge is 2.30. The summed E-state index contributed by atoms with van der Waals surface area (Å²) in [5.41, 5.74) is 0.455. The molecule has 0 spiro atoms. The summed E-state index contributed by atoms with van der Waals surface area (Å²) in [5.74, 6) is -1.80. The summed E-state index contributed by atoms with van der Waals surface area (Å²) in [4.78, 5) is 25.5. The minimum atomic E-state index is -1.58. The van der Waals surface area contributed by atoms with Gasteiger partial charge in [-0.3, -0.25) is 9.59 Å². The molecule has 1 N–H and O–H groups in total. The zero-order chi connectivity index (χ0) is 21.4. The normalized spacial score (nSPS) is 11.0. The van der Waals surface area contributed by atoms with Crippen molar-refractivity contribution in [2.75, 3.05) is 33.3 Å². The van der Waals surface area contributed by atoms with Crippen LogP contribution in [-0.4, -0.2) is 39.6 Å².